The summed E-state index contributed by atoms with van der Waals surface area (Å²) in [5.41, 5.74) is 1.06. The summed E-state index contributed by atoms with van der Waals surface area (Å²) in [7, 11) is 0. The van der Waals surface area contributed by atoms with E-state index in [9.17, 15) is 9.90 Å². The Bertz CT molecular complexity index is 467. The van der Waals surface area contributed by atoms with Crippen molar-refractivity contribution in [3.05, 3.63) is 35.9 Å². The van der Waals surface area contributed by atoms with Crippen LogP contribution in [0.5, 0.6) is 0 Å². The minimum Gasteiger partial charge on any atom is -0.391 e. The van der Waals surface area contributed by atoms with Gasteiger partial charge in [0.2, 0.25) is 0 Å². The number of carbonyl (C=O) groups is 1. The van der Waals surface area contributed by atoms with Crippen molar-refractivity contribution in [3.63, 3.8) is 0 Å². The standard InChI is InChI=1S/C13H14N2O2S/c16-10-6-11-12(17)15(13(18)14(11)8-10)7-9-4-2-1-3-5-9/h1-5,10-11,16H,6-8H2. The summed E-state index contributed by atoms with van der Waals surface area (Å²) in [5, 5.41) is 10.1. The summed E-state index contributed by atoms with van der Waals surface area (Å²) in [4.78, 5) is 15.7. The van der Waals surface area contributed by atoms with Crippen LogP contribution in [0, 0.1) is 0 Å². The van der Waals surface area contributed by atoms with Gasteiger partial charge in [-0.15, -0.1) is 0 Å². The maximum atomic E-state index is 12.2. The summed E-state index contributed by atoms with van der Waals surface area (Å²) in [5.74, 6) is 0.0143. The van der Waals surface area contributed by atoms with Crippen LogP contribution in [0.1, 0.15) is 12.0 Å². The fraction of sp³-hybridized carbons (Fsp3) is 0.385. The van der Waals surface area contributed by atoms with E-state index >= 15 is 0 Å². The summed E-state index contributed by atoms with van der Waals surface area (Å²) >= 11 is 5.33. The molecule has 3 rings (SSSR count). The van der Waals surface area contributed by atoms with Crippen molar-refractivity contribution in [2.45, 2.75) is 25.1 Å². The molecule has 1 aromatic carbocycles. The SMILES string of the molecule is O=C1C2CC(O)CN2C(=S)N1Cc1ccccc1. The van der Waals surface area contributed by atoms with E-state index in [1.165, 1.54) is 0 Å². The average molecular weight is 262 g/mol. The topological polar surface area (TPSA) is 43.8 Å². The molecule has 18 heavy (non-hydrogen) atoms. The maximum Gasteiger partial charge on any atom is 0.251 e. The number of aliphatic hydroxyl groups is 1. The zero-order valence-electron chi connectivity index (χ0n) is 9.82. The number of carbonyl (C=O) groups excluding carboxylic acids is 1. The van der Waals surface area contributed by atoms with Gasteiger partial charge in [0.05, 0.1) is 12.6 Å². The fourth-order valence-corrected chi connectivity index (χ4v) is 2.96. The Hall–Kier alpha value is -1.46. The van der Waals surface area contributed by atoms with Gasteiger partial charge < -0.3 is 10.0 Å². The molecule has 1 aromatic rings. The summed E-state index contributed by atoms with van der Waals surface area (Å²) in [6, 6.07) is 9.55. The van der Waals surface area contributed by atoms with Gasteiger partial charge in [0.1, 0.15) is 6.04 Å². The zero-order chi connectivity index (χ0) is 12.7. The minimum atomic E-state index is -0.434. The van der Waals surface area contributed by atoms with Crippen molar-refractivity contribution in [1.82, 2.24) is 9.80 Å². The first-order chi connectivity index (χ1) is 8.66. The van der Waals surface area contributed by atoms with Gasteiger partial charge in [0.15, 0.2) is 5.11 Å². The third kappa shape index (κ3) is 1.79. The van der Waals surface area contributed by atoms with Crippen molar-refractivity contribution in [2.24, 2.45) is 0 Å². The Balaban J connectivity index is 1.79. The van der Waals surface area contributed by atoms with Gasteiger partial charge in [0, 0.05) is 13.0 Å². The van der Waals surface area contributed by atoms with Crippen LogP contribution in [0.3, 0.4) is 0 Å². The van der Waals surface area contributed by atoms with Gasteiger partial charge in [-0.1, -0.05) is 30.3 Å². The average Bonchev–Trinajstić information content (AvgIpc) is 2.85. The highest BCUT2D eigenvalue weighted by atomic mass is 32.1. The molecule has 1 N–H and O–H groups in total. The van der Waals surface area contributed by atoms with Gasteiger partial charge in [-0.05, 0) is 17.8 Å². The Kier molecular flexibility index (Phi) is 2.80. The lowest BCUT2D eigenvalue weighted by Crippen LogP contribution is -2.34. The van der Waals surface area contributed by atoms with E-state index in [-0.39, 0.29) is 11.9 Å². The third-order valence-corrected chi connectivity index (χ3v) is 3.95. The number of rotatable bonds is 2. The van der Waals surface area contributed by atoms with E-state index in [2.05, 4.69) is 0 Å². The molecule has 2 aliphatic heterocycles. The highest BCUT2D eigenvalue weighted by molar-refractivity contribution is 7.80. The first kappa shape index (κ1) is 11.6. The van der Waals surface area contributed by atoms with E-state index in [0.29, 0.717) is 24.6 Å². The Morgan fingerprint density at radius 3 is 2.72 bits per heavy atom. The number of hydrogen-bond donors (Lipinski definition) is 1. The number of aliphatic hydroxyl groups excluding tert-OH is 1. The molecule has 0 aromatic heterocycles. The van der Waals surface area contributed by atoms with Gasteiger partial charge >= 0.3 is 0 Å². The molecule has 2 aliphatic rings. The predicted octanol–water partition coefficient (Wildman–Crippen LogP) is 0.749. The molecule has 2 atom stereocenters. The van der Waals surface area contributed by atoms with E-state index in [1.807, 2.05) is 35.2 Å². The quantitative estimate of drug-likeness (QED) is 0.799. The molecule has 0 bridgehead atoms. The molecule has 2 fully saturated rings. The molecular weight excluding hydrogens is 248 g/mol. The van der Waals surface area contributed by atoms with Gasteiger partial charge in [-0.3, -0.25) is 9.69 Å². The Morgan fingerprint density at radius 2 is 2.06 bits per heavy atom. The second kappa shape index (κ2) is 4.33. The van der Waals surface area contributed by atoms with Crippen molar-refractivity contribution < 1.29 is 9.90 Å². The van der Waals surface area contributed by atoms with Crippen LogP contribution in [0.25, 0.3) is 0 Å². The fourth-order valence-electron chi connectivity index (χ4n) is 2.60. The van der Waals surface area contributed by atoms with Gasteiger partial charge in [-0.25, -0.2) is 0 Å². The summed E-state index contributed by atoms with van der Waals surface area (Å²) in [6.07, 6.45) is 0.0559. The van der Waals surface area contributed by atoms with Crippen LogP contribution in [0.15, 0.2) is 30.3 Å². The molecule has 1 amide bonds. The van der Waals surface area contributed by atoms with Crippen LogP contribution in [-0.2, 0) is 11.3 Å². The second-order valence-corrected chi connectivity index (χ2v) is 5.12. The molecule has 0 aliphatic carbocycles. The summed E-state index contributed by atoms with van der Waals surface area (Å²) in [6.45, 7) is 0.988. The van der Waals surface area contributed by atoms with Crippen LogP contribution in [-0.4, -0.2) is 44.6 Å². The first-order valence-electron chi connectivity index (χ1n) is 6.01. The number of fused-ring (bicyclic) bond motifs is 1. The molecular formula is C13H14N2O2S. The lowest BCUT2D eigenvalue weighted by molar-refractivity contribution is -0.128. The zero-order valence-corrected chi connectivity index (χ0v) is 10.6. The largest absolute Gasteiger partial charge is 0.391 e. The molecule has 0 saturated carbocycles. The number of hydrogen-bond acceptors (Lipinski definition) is 3. The maximum absolute atomic E-state index is 12.2. The first-order valence-corrected chi connectivity index (χ1v) is 6.41. The third-order valence-electron chi connectivity index (χ3n) is 3.49. The predicted molar refractivity (Wildman–Crippen MR) is 70.7 cm³/mol. The number of benzene rings is 1. The molecule has 2 saturated heterocycles. The lowest BCUT2D eigenvalue weighted by Gasteiger charge is -2.19. The van der Waals surface area contributed by atoms with Crippen molar-refractivity contribution in [3.8, 4) is 0 Å². The normalized spacial score (nSPS) is 26.9. The van der Waals surface area contributed by atoms with Crippen molar-refractivity contribution in [1.29, 1.82) is 0 Å². The van der Waals surface area contributed by atoms with Crippen LogP contribution in [0.2, 0.25) is 0 Å². The van der Waals surface area contributed by atoms with Gasteiger partial charge in [0.25, 0.3) is 5.91 Å². The number of amides is 1. The molecule has 0 radical (unpaired) electrons. The Morgan fingerprint density at radius 1 is 1.33 bits per heavy atom. The molecule has 2 unspecified atom stereocenters. The van der Waals surface area contributed by atoms with Crippen molar-refractivity contribution >= 4 is 23.2 Å². The molecule has 4 nitrogen and oxygen atoms in total. The highest BCUT2D eigenvalue weighted by Gasteiger charge is 2.47. The van der Waals surface area contributed by atoms with E-state index in [1.54, 1.807) is 4.90 Å². The van der Waals surface area contributed by atoms with Gasteiger partial charge in [-0.2, -0.15) is 0 Å². The number of thiocarbonyl (C=S) groups is 1. The summed E-state index contributed by atoms with van der Waals surface area (Å²) < 4.78 is 0. The van der Waals surface area contributed by atoms with Crippen LogP contribution < -0.4 is 0 Å². The van der Waals surface area contributed by atoms with Crippen LogP contribution >= 0.6 is 12.2 Å². The lowest BCUT2D eigenvalue weighted by atomic mass is 10.1. The van der Waals surface area contributed by atoms with E-state index in [4.69, 9.17) is 12.2 Å². The second-order valence-electron chi connectivity index (χ2n) is 4.75. The molecule has 0 spiro atoms. The highest BCUT2D eigenvalue weighted by Crippen LogP contribution is 2.28. The number of nitrogens with zero attached hydrogens (tertiary/aromatic N) is 2. The molecule has 5 heteroatoms. The molecule has 2 heterocycles. The van der Waals surface area contributed by atoms with Crippen molar-refractivity contribution in [2.75, 3.05) is 6.54 Å². The smallest absolute Gasteiger partial charge is 0.251 e. The Labute approximate surface area is 111 Å². The minimum absolute atomic E-state index is 0.0143. The monoisotopic (exact) mass is 262 g/mol. The van der Waals surface area contributed by atoms with Crippen LogP contribution in [0.4, 0.5) is 0 Å². The van der Waals surface area contributed by atoms with E-state index in [0.717, 1.165) is 5.56 Å². The van der Waals surface area contributed by atoms with E-state index < -0.39 is 6.10 Å². The molecule has 94 valence electrons.